The molecule has 5 N–H and O–H groups in total. The first-order valence-corrected chi connectivity index (χ1v) is 19.7. The predicted molar refractivity (Wildman–Crippen MR) is 204 cm³/mol. The zero-order chi connectivity index (χ0) is 40.8. The minimum atomic E-state index is -4.65. The van der Waals surface area contributed by atoms with Crippen LogP contribution in [0.15, 0.2) is 42.5 Å². The lowest BCUT2D eigenvalue weighted by Crippen LogP contribution is -2.67. The molecule has 10 nitrogen and oxygen atoms in total. The maximum absolute atomic E-state index is 14.8. The summed E-state index contributed by atoms with van der Waals surface area (Å²) in [5.74, 6) is -3.50. The molecule has 14 heteroatoms. The molecule has 3 aromatic rings. The summed E-state index contributed by atoms with van der Waals surface area (Å²) in [6, 6.07) is 7.48. The molecule has 0 saturated heterocycles. The standard InChI is InChI=1S/C42H53F4N5O5/c1-5-24(3)35(38(54)47-22-26-14-16-27(23-52)17-15-26)50-40(56)41(19-18-33-30(21-41)29-11-9-12-31(37(29)48-33)42(44,45)46)51-39(55)36(25(4)6-2)49-34(53)20-28-10-7-8-13-32(28)43/h7-13,23-27,35-36,48H,5-6,14-22H2,1-4H3,(H,47,54)(H,49,53)(H,50,56)(H,51,55)/t24?,25?,26?,27?,35-,36-,41+/m0/s1. The lowest BCUT2D eigenvalue weighted by Gasteiger charge is -2.40. The summed E-state index contributed by atoms with van der Waals surface area (Å²) in [5.41, 5.74) is -1.62. The van der Waals surface area contributed by atoms with Crippen LogP contribution in [0.25, 0.3) is 10.9 Å². The number of amides is 4. The van der Waals surface area contributed by atoms with Crippen molar-refractivity contribution < 1.29 is 41.5 Å². The molecule has 0 aliphatic heterocycles. The van der Waals surface area contributed by atoms with Gasteiger partial charge in [0.05, 0.1) is 17.5 Å². The molecule has 4 amide bonds. The van der Waals surface area contributed by atoms with Crippen molar-refractivity contribution in [3.8, 4) is 0 Å². The maximum atomic E-state index is 14.8. The van der Waals surface area contributed by atoms with Gasteiger partial charge in [0.1, 0.15) is 29.7 Å². The Hall–Kier alpha value is -4.75. The number of rotatable bonds is 15. The minimum Gasteiger partial charge on any atom is -0.358 e. The molecular formula is C42H53F4N5O5. The van der Waals surface area contributed by atoms with Crippen molar-refractivity contribution in [1.29, 1.82) is 0 Å². The highest BCUT2D eigenvalue weighted by atomic mass is 19.4. The Balaban J connectivity index is 1.46. The van der Waals surface area contributed by atoms with E-state index in [9.17, 15) is 41.5 Å². The number of nitrogens with one attached hydrogen (secondary N) is 5. The van der Waals surface area contributed by atoms with Crippen molar-refractivity contribution in [2.24, 2.45) is 23.7 Å². The zero-order valence-electron chi connectivity index (χ0n) is 32.4. The van der Waals surface area contributed by atoms with Crippen LogP contribution >= 0.6 is 0 Å². The van der Waals surface area contributed by atoms with Gasteiger partial charge in [-0.05, 0) is 79.5 Å². The molecule has 2 aromatic carbocycles. The number of benzene rings is 2. The molecule has 1 saturated carbocycles. The highest BCUT2D eigenvalue weighted by Gasteiger charge is 2.47. The normalized spacial score (nSPS) is 21.9. The molecule has 304 valence electrons. The lowest BCUT2D eigenvalue weighted by atomic mass is 9.78. The van der Waals surface area contributed by atoms with Crippen LogP contribution in [0.5, 0.6) is 0 Å². The number of halogens is 4. The first kappa shape index (κ1) is 42.4. The number of carbonyl (C=O) groups is 5. The first-order chi connectivity index (χ1) is 26.6. The van der Waals surface area contributed by atoms with E-state index >= 15 is 0 Å². The molecule has 1 heterocycles. The minimum absolute atomic E-state index is 0.0169. The molecule has 0 radical (unpaired) electrons. The molecule has 2 aliphatic carbocycles. The second-order valence-corrected chi connectivity index (χ2v) is 15.8. The van der Waals surface area contributed by atoms with Gasteiger partial charge in [0.2, 0.25) is 23.6 Å². The SMILES string of the molecule is CCC(C)[C@H](NC(=O)Cc1ccccc1F)C(=O)N[C@]1(C(=O)N[C@H](C(=O)NCC2CCC(C=O)CC2)C(C)CC)CCc2[nH]c3c(C(F)(F)F)cccc3c2C1. The van der Waals surface area contributed by atoms with Crippen molar-refractivity contribution in [2.45, 2.75) is 116 Å². The van der Waals surface area contributed by atoms with Crippen molar-refractivity contribution in [3.05, 3.63) is 70.7 Å². The van der Waals surface area contributed by atoms with E-state index in [0.717, 1.165) is 38.0 Å². The van der Waals surface area contributed by atoms with E-state index in [1.165, 1.54) is 24.3 Å². The summed E-state index contributed by atoms with van der Waals surface area (Å²) in [6.45, 7) is 7.67. The fraction of sp³-hybridized carbons (Fsp3) is 0.548. The number of para-hydroxylation sites is 1. The van der Waals surface area contributed by atoms with Crippen molar-refractivity contribution >= 4 is 40.8 Å². The smallest absolute Gasteiger partial charge is 0.358 e. The Bertz CT molecular complexity index is 1910. The van der Waals surface area contributed by atoms with Crippen LogP contribution in [0.4, 0.5) is 17.6 Å². The van der Waals surface area contributed by atoms with Gasteiger partial charge in [0.15, 0.2) is 0 Å². The van der Waals surface area contributed by atoms with E-state index in [-0.39, 0.29) is 59.9 Å². The van der Waals surface area contributed by atoms with E-state index < -0.39 is 64.7 Å². The Morgan fingerprint density at radius 3 is 2.20 bits per heavy atom. The number of aromatic amines is 1. The van der Waals surface area contributed by atoms with Gasteiger partial charge in [0, 0.05) is 30.0 Å². The summed E-state index contributed by atoms with van der Waals surface area (Å²) >= 11 is 0. The fourth-order valence-corrected chi connectivity index (χ4v) is 7.98. The number of aldehydes is 1. The van der Waals surface area contributed by atoms with Crippen molar-refractivity contribution in [2.75, 3.05) is 6.54 Å². The molecular weight excluding hydrogens is 730 g/mol. The van der Waals surface area contributed by atoms with E-state index in [1.807, 2.05) is 20.8 Å². The number of hydrogen-bond acceptors (Lipinski definition) is 5. The number of aromatic nitrogens is 1. The van der Waals surface area contributed by atoms with Crippen LogP contribution < -0.4 is 21.3 Å². The number of hydrogen-bond donors (Lipinski definition) is 5. The van der Waals surface area contributed by atoms with Crippen molar-refractivity contribution in [1.82, 2.24) is 26.3 Å². The van der Waals surface area contributed by atoms with E-state index in [2.05, 4.69) is 26.3 Å². The van der Waals surface area contributed by atoms with Gasteiger partial charge in [0.25, 0.3) is 0 Å². The van der Waals surface area contributed by atoms with Crippen LogP contribution in [0.1, 0.15) is 95.0 Å². The third-order valence-electron chi connectivity index (χ3n) is 12.0. The molecule has 2 aliphatic rings. The summed E-state index contributed by atoms with van der Waals surface area (Å²) in [7, 11) is 0. The molecule has 1 aromatic heterocycles. The van der Waals surface area contributed by atoms with Gasteiger partial charge in [-0.1, -0.05) is 70.9 Å². The maximum Gasteiger partial charge on any atom is 0.418 e. The van der Waals surface area contributed by atoms with Crippen molar-refractivity contribution in [3.63, 3.8) is 0 Å². The number of fused-ring (bicyclic) bond motifs is 3. The Labute approximate surface area is 324 Å². The highest BCUT2D eigenvalue weighted by Crippen LogP contribution is 2.40. The molecule has 1 fully saturated rings. The largest absolute Gasteiger partial charge is 0.418 e. The first-order valence-electron chi connectivity index (χ1n) is 19.7. The molecule has 0 bridgehead atoms. The Morgan fingerprint density at radius 1 is 0.911 bits per heavy atom. The van der Waals surface area contributed by atoms with Gasteiger partial charge >= 0.3 is 6.18 Å². The number of carbonyl (C=O) groups excluding carboxylic acids is 5. The van der Waals surface area contributed by atoms with Gasteiger partial charge in [-0.15, -0.1) is 0 Å². The second-order valence-electron chi connectivity index (χ2n) is 15.8. The average molecular weight is 784 g/mol. The van der Waals surface area contributed by atoms with Crippen LogP contribution in [0, 0.1) is 29.5 Å². The Kier molecular flexibility index (Phi) is 13.6. The van der Waals surface area contributed by atoms with Gasteiger partial charge < -0.3 is 31.0 Å². The fourth-order valence-electron chi connectivity index (χ4n) is 7.98. The van der Waals surface area contributed by atoms with Crippen LogP contribution in [-0.4, -0.2) is 59.1 Å². The third-order valence-corrected chi connectivity index (χ3v) is 12.0. The topological polar surface area (TPSA) is 149 Å². The molecule has 5 rings (SSSR count). The predicted octanol–water partition coefficient (Wildman–Crippen LogP) is 6.10. The van der Waals surface area contributed by atoms with E-state index in [4.69, 9.17) is 0 Å². The van der Waals surface area contributed by atoms with Crippen LogP contribution in [0.2, 0.25) is 0 Å². The van der Waals surface area contributed by atoms with Crippen LogP contribution in [-0.2, 0) is 49.4 Å². The molecule has 56 heavy (non-hydrogen) atoms. The number of alkyl halides is 3. The van der Waals surface area contributed by atoms with Gasteiger partial charge in [-0.2, -0.15) is 13.2 Å². The Morgan fingerprint density at radius 2 is 1.57 bits per heavy atom. The summed E-state index contributed by atoms with van der Waals surface area (Å²) in [5, 5.41) is 11.8. The molecule has 5 atom stereocenters. The molecule has 0 spiro atoms. The quantitative estimate of drug-likeness (QED) is 0.0935. The highest BCUT2D eigenvalue weighted by molar-refractivity contribution is 5.99. The summed E-state index contributed by atoms with van der Waals surface area (Å²) < 4.78 is 56.7. The second kappa shape index (κ2) is 18.0. The molecule has 2 unspecified atom stereocenters. The van der Waals surface area contributed by atoms with Crippen LogP contribution in [0.3, 0.4) is 0 Å². The lowest BCUT2D eigenvalue weighted by molar-refractivity contribution is -0.139. The third kappa shape index (κ3) is 9.61. The van der Waals surface area contributed by atoms with Gasteiger partial charge in [-0.3, -0.25) is 19.2 Å². The number of aryl methyl sites for hydroxylation is 1. The summed E-state index contributed by atoms with van der Waals surface area (Å²) in [4.78, 5) is 70.3. The monoisotopic (exact) mass is 783 g/mol. The van der Waals surface area contributed by atoms with E-state index in [0.29, 0.717) is 30.6 Å². The number of H-pyrrole nitrogens is 1. The average Bonchev–Trinajstić information content (AvgIpc) is 3.55. The summed E-state index contributed by atoms with van der Waals surface area (Å²) in [6.07, 6.45) is -0.0481. The van der Waals surface area contributed by atoms with E-state index in [1.54, 1.807) is 19.1 Å². The van der Waals surface area contributed by atoms with Gasteiger partial charge in [-0.25, -0.2) is 4.39 Å². The zero-order valence-corrected chi connectivity index (χ0v) is 32.4.